The molecule has 0 aliphatic rings. The van der Waals surface area contributed by atoms with Gasteiger partial charge in [-0.3, -0.25) is 0 Å². The number of nitrogen functional groups attached to an aromatic ring is 1. The topological polar surface area (TPSA) is 46.2 Å². The highest BCUT2D eigenvalue weighted by molar-refractivity contribution is 7.99. The van der Waals surface area contributed by atoms with Gasteiger partial charge in [0.05, 0.1) is 11.1 Å². The molecular weight excluding hydrogens is 266 g/mol. The Hall–Kier alpha value is -1.16. The molecule has 18 heavy (non-hydrogen) atoms. The van der Waals surface area contributed by atoms with Crippen LogP contribution < -0.4 is 5.73 Å². The zero-order chi connectivity index (χ0) is 13.0. The van der Waals surface area contributed by atoms with Crippen molar-refractivity contribution in [2.24, 2.45) is 0 Å². The lowest BCUT2D eigenvalue weighted by molar-refractivity contribution is 0.204. The lowest BCUT2D eigenvalue weighted by atomic mass is 10.1. The summed E-state index contributed by atoms with van der Waals surface area (Å²) in [5.41, 5.74) is 7.29. The highest BCUT2D eigenvalue weighted by Crippen LogP contribution is 2.31. The Morgan fingerprint density at radius 2 is 1.89 bits per heavy atom. The third-order valence-corrected chi connectivity index (χ3v) is 4.11. The van der Waals surface area contributed by atoms with Crippen LogP contribution in [0.2, 0.25) is 5.02 Å². The molecule has 0 spiro atoms. The molecule has 0 saturated carbocycles. The third-order valence-electron chi connectivity index (χ3n) is 2.54. The highest BCUT2D eigenvalue weighted by atomic mass is 35.5. The lowest BCUT2D eigenvalue weighted by Gasteiger charge is -2.11. The zero-order valence-electron chi connectivity index (χ0n) is 9.71. The molecule has 2 aromatic carbocycles. The second-order valence-corrected chi connectivity index (χ2v) is 5.40. The van der Waals surface area contributed by atoms with Crippen LogP contribution in [0.5, 0.6) is 0 Å². The lowest BCUT2D eigenvalue weighted by Crippen LogP contribution is -2.00. The fourth-order valence-electron chi connectivity index (χ4n) is 1.57. The first kappa shape index (κ1) is 13.3. The van der Waals surface area contributed by atoms with Crippen LogP contribution in [0.15, 0.2) is 53.4 Å². The average Bonchev–Trinajstić information content (AvgIpc) is 2.40. The normalized spacial score (nSPS) is 12.3. The number of anilines is 1. The summed E-state index contributed by atoms with van der Waals surface area (Å²) in [6, 6.07) is 14.9. The fourth-order valence-corrected chi connectivity index (χ4v) is 2.81. The SMILES string of the molecule is Nc1ccc(Cl)c(SCC(O)c2ccccc2)c1. The summed E-state index contributed by atoms with van der Waals surface area (Å²) in [5.74, 6) is 0.549. The molecule has 0 amide bonds. The number of aliphatic hydroxyl groups is 1. The summed E-state index contributed by atoms with van der Waals surface area (Å²) in [6.07, 6.45) is -0.506. The Labute approximate surface area is 116 Å². The van der Waals surface area contributed by atoms with E-state index in [4.69, 9.17) is 17.3 Å². The number of halogens is 1. The molecule has 2 aromatic rings. The van der Waals surface area contributed by atoms with E-state index in [-0.39, 0.29) is 0 Å². The van der Waals surface area contributed by atoms with Crippen LogP contribution in [0.4, 0.5) is 5.69 Å². The van der Waals surface area contributed by atoms with Gasteiger partial charge in [0.15, 0.2) is 0 Å². The predicted molar refractivity (Wildman–Crippen MR) is 78.0 cm³/mol. The van der Waals surface area contributed by atoms with E-state index in [1.54, 1.807) is 12.1 Å². The second-order valence-electron chi connectivity index (χ2n) is 3.93. The summed E-state index contributed by atoms with van der Waals surface area (Å²) in [5, 5.41) is 10.7. The molecule has 0 aliphatic heterocycles. The van der Waals surface area contributed by atoms with Crippen molar-refractivity contribution in [3.8, 4) is 0 Å². The number of thioether (sulfide) groups is 1. The number of hydrogen-bond acceptors (Lipinski definition) is 3. The van der Waals surface area contributed by atoms with Crippen molar-refractivity contribution in [3.63, 3.8) is 0 Å². The van der Waals surface area contributed by atoms with Crippen molar-refractivity contribution < 1.29 is 5.11 Å². The van der Waals surface area contributed by atoms with Crippen LogP contribution in [-0.4, -0.2) is 10.9 Å². The monoisotopic (exact) mass is 279 g/mol. The zero-order valence-corrected chi connectivity index (χ0v) is 11.3. The van der Waals surface area contributed by atoms with Crippen molar-refractivity contribution in [3.05, 3.63) is 59.1 Å². The molecule has 94 valence electrons. The van der Waals surface area contributed by atoms with Gasteiger partial charge in [0.2, 0.25) is 0 Å². The van der Waals surface area contributed by atoms with Crippen molar-refractivity contribution in [2.75, 3.05) is 11.5 Å². The van der Waals surface area contributed by atoms with Gasteiger partial charge in [-0.1, -0.05) is 41.9 Å². The van der Waals surface area contributed by atoms with Crippen molar-refractivity contribution in [1.29, 1.82) is 0 Å². The van der Waals surface area contributed by atoms with Crippen LogP contribution >= 0.6 is 23.4 Å². The largest absolute Gasteiger partial charge is 0.399 e. The molecule has 2 rings (SSSR count). The molecule has 3 N–H and O–H groups in total. The molecule has 0 bridgehead atoms. The standard InChI is InChI=1S/C14H14ClNOS/c15-12-7-6-11(16)8-14(12)18-9-13(17)10-4-2-1-3-5-10/h1-8,13,17H,9,16H2. The number of hydrogen-bond donors (Lipinski definition) is 2. The minimum absolute atomic E-state index is 0.506. The van der Waals surface area contributed by atoms with E-state index in [0.717, 1.165) is 10.5 Å². The molecule has 0 saturated heterocycles. The molecule has 0 aromatic heterocycles. The van der Waals surface area contributed by atoms with Gasteiger partial charge in [-0.15, -0.1) is 11.8 Å². The van der Waals surface area contributed by atoms with Crippen molar-refractivity contribution >= 4 is 29.1 Å². The summed E-state index contributed by atoms with van der Waals surface area (Å²) in [6.45, 7) is 0. The Morgan fingerprint density at radius 3 is 2.61 bits per heavy atom. The van der Waals surface area contributed by atoms with Crippen LogP contribution in [-0.2, 0) is 0 Å². The Kier molecular flexibility index (Phi) is 4.53. The van der Waals surface area contributed by atoms with Crippen LogP contribution in [0.1, 0.15) is 11.7 Å². The van der Waals surface area contributed by atoms with Gasteiger partial charge in [-0.25, -0.2) is 0 Å². The Morgan fingerprint density at radius 1 is 1.17 bits per heavy atom. The van der Waals surface area contributed by atoms with Gasteiger partial charge in [0.1, 0.15) is 0 Å². The molecule has 0 heterocycles. The first-order chi connectivity index (χ1) is 8.66. The molecule has 0 radical (unpaired) electrons. The number of aliphatic hydroxyl groups excluding tert-OH is 1. The molecular formula is C14H14ClNOS. The average molecular weight is 280 g/mol. The smallest absolute Gasteiger partial charge is 0.0883 e. The van der Waals surface area contributed by atoms with E-state index in [9.17, 15) is 5.11 Å². The van der Waals surface area contributed by atoms with Gasteiger partial charge in [-0.2, -0.15) is 0 Å². The molecule has 1 unspecified atom stereocenters. The van der Waals surface area contributed by atoms with Gasteiger partial charge < -0.3 is 10.8 Å². The summed E-state index contributed by atoms with van der Waals surface area (Å²) in [4.78, 5) is 0.895. The van der Waals surface area contributed by atoms with E-state index in [0.29, 0.717) is 16.5 Å². The van der Waals surface area contributed by atoms with Gasteiger partial charge in [-0.05, 0) is 23.8 Å². The fraction of sp³-hybridized carbons (Fsp3) is 0.143. The summed E-state index contributed by atoms with van der Waals surface area (Å²) in [7, 11) is 0. The van der Waals surface area contributed by atoms with E-state index in [2.05, 4.69) is 0 Å². The quantitative estimate of drug-likeness (QED) is 0.662. The van der Waals surface area contributed by atoms with Crippen LogP contribution in [0.3, 0.4) is 0 Å². The van der Waals surface area contributed by atoms with E-state index in [1.165, 1.54) is 11.8 Å². The van der Waals surface area contributed by atoms with Crippen molar-refractivity contribution in [1.82, 2.24) is 0 Å². The predicted octanol–water partition coefficient (Wildman–Crippen LogP) is 3.75. The molecule has 0 aliphatic carbocycles. The Balaban J connectivity index is 2.01. The summed E-state index contributed by atoms with van der Waals surface area (Å²) < 4.78 is 0. The molecule has 0 fully saturated rings. The van der Waals surface area contributed by atoms with Gasteiger partial charge >= 0.3 is 0 Å². The van der Waals surface area contributed by atoms with Crippen LogP contribution in [0.25, 0.3) is 0 Å². The number of benzene rings is 2. The maximum absolute atomic E-state index is 10.0. The highest BCUT2D eigenvalue weighted by Gasteiger charge is 2.09. The van der Waals surface area contributed by atoms with E-state index >= 15 is 0 Å². The van der Waals surface area contributed by atoms with Crippen molar-refractivity contribution in [2.45, 2.75) is 11.0 Å². The molecule has 1 atom stereocenters. The second kappa shape index (κ2) is 6.14. The maximum Gasteiger partial charge on any atom is 0.0883 e. The minimum Gasteiger partial charge on any atom is -0.399 e. The maximum atomic E-state index is 10.0. The molecule has 4 heteroatoms. The Bertz CT molecular complexity index is 518. The third kappa shape index (κ3) is 3.42. The first-order valence-corrected chi connectivity index (χ1v) is 6.94. The minimum atomic E-state index is -0.506. The number of rotatable bonds is 4. The number of nitrogens with two attached hydrogens (primary N) is 1. The van der Waals surface area contributed by atoms with Gasteiger partial charge in [0.25, 0.3) is 0 Å². The van der Waals surface area contributed by atoms with Crippen LogP contribution in [0, 0.1) is 0 Å². The van der Waals surface area contributed by atoms with E-state index in [1.807, 2.05) is 36.4 Å². The molecule has 2 nitrogen and oxygen atoms in total. The van der Waals surface area contributed by atoms with Gasteiger partial charge in [0, 0.05) is 16.3 Å². The van der Waals surface area contributed by atoms with E-state index < -0.39 is 6.10 Å². The first-order valence-electron chi connectivity index (χ1n) is 5.57. The summed E-state index contributed by atoms with van der Waals surface area (Å²) >= 11 is 7.57.